The van der Waals surface area contributed by atoms with Gasteiger partial charge < -0.3 is 15.0 Å². The van der Waals surface area contributed by atoms with E-state index in [1.54, 1.807) is 16.7 Å². The molecule has 1 saturated heterocycles. The third-order valence-corrected chi connectivity index (χ3v) is 6.99. The standard InChI is InChI=1S/C23H32N4O3S/c1-22(2,3)30-21(29)27-11-14-15(12-27)17(14)20(28)24-23(4,5)19-13-9-8-10-16(31-7)18(13)26(6)25-19/h8-10,14-15,17H,11-12H2,1-7H3,(H,24,28)/t14-,15+,17+. The highest BCUT2D eigenvalue weighted by atomic mass is 32.2. The van der Waals surface area contributed by atoms with Crippen LogP contribution in [-0.4, -0.2) is 51.6 Å². The number of aromatic nitrogens is 2. The fourth-order valence-electron chi connectivity index (χ4n) is 4.77. The minimum atomic E-state index is -0.602. The van der Waals surface area contributed by atoms with E-state index >= 15 is 0 Å². The van der Waals surface area contributed by atoms with E-state index in [1.165, 1.54) is 4.90 Å². The molecule has 4 rings (SSSR count). The number of nitrogens with one attached hydrogen (secondary N) is 1. The zero-order valence-corrected chi connectivity index (χ0v) is 20.2. The van der Waals surface area contributed by atoms with E-state index in [9.17, 15) is 9.59 Å². The maximum absolute atomic E-state index is 13.1. The van der Waals surface area contributed by atoms with Crippen molar-refractivity contribution in [1.82, 2.24) is 20.0 Å². The molecule has 2 aromatic rings. The lowest BCUT2D eigenvalue weighted by molar-refractivity contribution is -0.125. The van der Waals surface area contributed by atoms with Crippen LogP contribution >= 0.6 is 11.8 Å². The Morgan fingerprint density at radius 1 is 1.16 bits per heavy atom. The predicted octanol–water partition coefficient (Wildman–Crippen LogP) is 3.76. The fraction of sp³-hybridized carbons (Fsp3) is 0.609. The maximum atomic E-state index is 13.1. The van der Waals surface area contributed by atoms with Gasteiger partial charge in [0.2, 0.25) is 5.91 Å². The molecule has 1 saturated carbocycles. The molecule has 2 heterocycles. The third-order valence-electron chi connectivity index (χ3n) is 6.22. The number of nitrogens with zero attached hydrogens (tertiary/aromatic N) is 3. The molecule has 31 heavy (non-hydrogen) atoms. The second kappa shape index (κ2) is 7.43. The molecule has 0 unspecified atom stereocenters. The second-order valence-corrected chi connectivity index (χ2v) is 11.0. The Balaban J connectivity index is 1.44. The van der Waals surface area contributed by atoms with Crippen molar-refractivity contribution in [2.45, 2.75) is 50.7 Å². The number of ether oxygens (including phenoxy) is 1. The van der Waals surface area contributed by atoms with E-state index in [1.807, 2.05) is 52.4 Å². The van der Waals surface area contributed by atoms with Gasteiger partial charge in [0.15, 0.2) is 0 Å². The molecule has 1 N–H and O–H groups in total. The van der Waals surface area contributed by atoms with E-state index < -0.39 is 11.1 Å². The number of hydrogen-bond donors (Lipinski definition) is 1. The number of likely N-dealkylation sites (tertiary alicyclic amines) is 1. The first-order valence-electron chi connectivity index (χ1n) is 10.7. The summed E-state index contributed by atoms with van der Waals surface area (Å²) in [5.74, 6) is 0.428. The molecule has 0 bridgehead atoms. The molecule has 2 aliphatic rings. The van der Waals surface area contributed by atoms with Crippen molar-refractivity contribution in [3.8, 4) is 0 Å². The summed E-state index contributed by atoms with van der Waals surface area (Å²) >= 11 is 1.69. The third kappa shape index (κ3) is 4.02. The molecule has 1 aliphatic heterocycles. The van der Waals surface area contributed by atoms with Crippen LogP contribution in [0.15, 0.2) is 23.1 Å². The predicted molar refractivity (Wildman–Crippen MR) is 122 cm³/mol. The SMILES string of the molecule is CSc1cccc2c(C(C)(C)NC(=O)[C@H]3[C@@H]4CN(C(=O)OC(C)(C)C)C[C@@H]43)nn(C)c12. The topological polar surface area (TPSA) is 76.5 Å². The van der Waals surface area contributed by atoms with E-state index in [-0.39, 0.29) is 29.8 Å². The van der Waals surface area contributed by atoms with Crippen LogP contribution in [0, 0.1) is 17.8 Å². The van der Waals surface area contributed by atoms with Gasteiger partial charge in [0, 0.05) is 36.3 Å². The van der Waals surface area contributed by atoms with Gasteiger partial charge in [-0.25, -0.2) is 4.79 Å². The van der Waals surface area contributed by atoms with Gasteiger partial charge in [-0.1, -0.05) is 12.1 Å². The van der Waals surface area contributed by atoms with Gasteiger partial charge in [-0.05, 0) is 58.8 Å². The molecular formula is C23H32N4O3S. The van der Waals surface area contributed by atoms with Gasteiger partial charge in [0.1, 0.15) is 5.60 Å². The minimum Gasteiger partial charge on any atom is -0.444 e. The van der Waals surface area contributed by atoms with Gasteiger partial charge in [0.05, 0.1) is 16.7 Å². The van der Waals surface area contributed by atoms with Gasteiger partial charge in [0.25, 0.3) is 0 Å². The molecular weight excluding hydrogens is 412 g/mol. The molecule has 7 nitrogen and oxygen atoms in total. The summed E-state index contributed by atoms with van der Waals surface area (Å²) < 4.78 is 7.36. The maximum Gasteiger partial charge on any atom is 0.410 e. The molecule has 0 radical (unpaired) electrons. The Hall–Kier alpha value is -2.22. The molecule has 1 aliphatic carbocycles. The first kappa shape index (κ1) is 22.0. The van der Waals surface area contributed by atoms with E-state index in [2.05, 4.69) is 23.7 Å². The van der Waals surface area contributed by atoms with Crippen molar-refractivity contribution in [3.63, 3.8) is 0 Å². The number of hydrogen-bond acceptors (Lipinski definition) is 5. The Bertz CT molecular complexity index is 1030. The normalized spacial score (nSPS) is 23.1. The molecule has 0 spiro atoms. The quantitative estimate of drug-likeness (QED) is 0.727. The molecule has 2 fully saturated rings. The van der Waals surface area contributed by atoms with Crippen LogP contribution in [0.4, 0.5) is 4.79 Å². The summed E-state index contributed by atoms with van der Waals surface area (Å²) in [6, 6.07) is 6.19. The monoisotopic (exact) mass is 444 g/mol. The summed E-state index contributed by atoms with van der Waals surface area (Å²) in [5.41, 5.74) is 0.848. The minimum absolute atomic E-state index is 0.0451. The van der Waals surface area contributed by atoms with Gasteiger partial charge in [-0.2, -0.15) is 5.10 Å². The Morgan fingerprint density at radius 2 is 1.81 bits per heavy atom. The van der Waals surface area contributed by atoms with Crippen LogP contribution in [0.3, 0.4) is 0 Å². The number of aryl methyl sites for hydroxylation is 1. The number of carbonyl (C=O) groups is 2. The molecule has 3 atom stereocenters. The number of para-hydroxylation sites is 1. The van der Waals surface area contributed by atoms with E-state index in [4.69, 9.17) is 9.84 Å². The number of piperidine rings is 1. The van der Waals surface area contributed by atoms with Crippen molar-refractivity contribution in [2.24, 2.45) is 24.8 Å². The number of carbonyl (C=O) groups excluding carboxylic acids is 2. The first-order valence-corrected chi connectivity index (χ1v) is 12.0. The smallest absolute Gasteiger partial charge is 0.410 e. The van der Waals surface area contributed by atoms with Crippen LogP contribution < -0.4 is 5.32 Å². The van der Waals surface area contributed by atoms with Crippen molar-refractivity contribution >= 4 is 34.7 Å². The highest BCUT2D eigenvalue weighted by Gasteiger charge is 2.61. The summed E-state index contributed by atoms with van der Waals surface area (Å²) in [6.07, 6.45) is 1.77. The summed E-state index contributed by atoms with van der Waals surface area (Å²) in [5, 5.41) is 9.06. The van der Waals surface area contributed by atoms with Crippen LogP contribution in [0.1, 0.15) is 40.3 Å². The Morgan fingerprint density at radius 3 is 2.39 bits per heavy atom. The van der Waals surface area contributed by atoms with Crippen molar-refractivity contribution in [2.75, 3.05) is 19.3 Å². The average Bonchev–Trinajstić information content (AvgIpc) is 2.99. The number of rotatable bonds is 4. The van der Waals surface area contributed by atoms with Gasteiger partial charge in [-0.15, -0.1) is 11.8 Å². The van der Waals surface area contributed by atoms with Gasteiger partial charge in [-0.3, -0.25) is 9.48 Å². The van der Waals surface area contributed by atoms with Gasteiger partial charge >= 0.3 is 6.09 Å². The second-order valence-electron chi connectivity index (χ2n) is 10.2. The number of thioether (sulfide) groups is 1. The number of benzene rings is 1. The summed E-state index contributed by atoms with van der Waals surface area (Å²) in [4.78, 5) is 28.3. The Kier molecular flexibility index (Phi) is 5.27. The lowest BCUT2D eigenvalue weighted by Crippen LogP contribution is -2.44. The molecule has 168 valence electrons. The molecule has 2 amide bonds. The highest BCUT2D eigenvalue weighted by molar-refractivity contribution is 7.98. The molecule has 1 aromatic carbocycles. The van der Waals surface area contributed by atoms with Crippen LogP contribution in [0.25, 0.3) is 10.9 Å². The zero-order valence-electron chi connectivity index (χ0n) is 19.4. The lowest BCUT2D eigenvalue weighted by Gasteiger charge is -2.27. The van der Waals surface area contributed by atoms with Crippen molar-refractivity contribution < 1.29 is 14.3 Å². The zero-order chi connectivity index (χ0) is 22.7. The van der Waals surface area contributed by atoms with Crippen molar-refractivity contribution in [1.29, 1.82) is 0 Å². The van der Waals surface area contributed by atoms with E-state index in [0.29, 0.717) is 13.1 Å². The molecule has 1 aromatic heterocycles. The van der Waals surface area contributed by atoms with Crippen molar-refractivity contribution in [3.05, 3.63) is 23.9 Å². The van der Waals surface area contributed by atoms with Crippen LogP contribution in [0.2, 0.25) is 0 Å². The largest absolute Gasteiger partial charge is 0.444 e. The Labute approximate surface area is 187 Å². The number of amides is 2. The fourth-order valence-corrected chi connectivity index (χ4v) is 5.42. The number of fused-ring (bicyclic) bond motifs is 2. The lowest BCUT2D eigenvalue weighted by atomic mass is 9.96. The summed E-state index contributed by atoms with van der Waals surface area (Å²) in [6.45, 7) is 10.8. The first-order chi connectivity index (χ1) is 14.4. The van der Waals surface area contributed by atoms with Crippen LogP contribution in [0.5, 0.6) is 0 Å². The molecule has 8 heteroatoms. The van der Waals surface area contributed by atoms with E-state index in [0.717, 1.165) is 16.6 Å². The highest BCUT2D eigenvalue weighted by Crippen LogP contribution is 2.52. The average molecular weight is 445 g/mol. The van der Waals surface area contributed by atoms with Crippen LogP contribution in [-0.2, 0) is 22.1 Å². The summed E-state index contributed by atoms with van der Waals surface area (Å²) in [7, 11) is 1.94.